The summed E-state index contributed by atoms with van der Waals surface area (Å²) in [5.74, 6) is 2.64. The molecule has 152 valence electrons. The molecule has 3 rings (SSSR count). The summed E-state index contributed by atoms with van der Waals surface area (Å²) in [5.41, 5.74) is 0. The molecule has 3 heterocycles. The Morgan fingerprint density at radius 3 is 1.65 bits per heavy atom. The van der Waals surface area contributed by atoms with E-state index in [0.717, 1.165) is 36.3 Å². The lowest BCUT2D eigenvalue weighted by molar-refractivity contribution is 1.02. The predicted molar refractivity (Wildman–Crippen MR) is 155 cm³/mol. The fraction of sp³-hybridized carbons (Fsp3) is 1.00. The Morgan fingerprint density at radius 1 is 0.692 bits per heavy atom. The van der Waals surface area contributed by atoms with Crippen molar-refractivity contribution in [3.8, 4) is 0 Å². The summed E-state index contributed by atoms with van der Waals surface area (Å²) in [5, 5.41) is 3.18. The van der Waals surface area contributed by atoms with E-state index in [-0.39, 0.29) is 0 Å². The Bertz CT molecular complexity index is 360. The number of rotatable bonds is 8. The first kappa shape index (κ1) is 24.8. The second-order valence-corrected chi connectivity index (χ2v) is 22.7. The summed E-state index contributed by atoms with van der Waals surface area (Å²) < 4.78 is 4.52. The van der Waals surface area contributed by atoms with Crippen molar-refractivity contribution in [1.82, 2.24) is 0 Å². The Kier molecular flexibility index (Phi) is 13.7. The van der Waals surface area contributed by atoms with Crippen LogP contribution in [0.5, 0.6) is 0 Å². The minimum atomic E-state index is 0.724. The third-order valence-corrected chi connectivity index (χ3v) is 20.0. The van der Waals surface area contributed by atoms with E-state index < -0.39 is 0 Å². The number of hydrogen-bond acceptors (Lipinski definition) is 12. The van der Waals surface area contributed by atoms with Crippen molar-refractivity contribution >= 4 is 143 Å². The smallest absolute Gasteiger partial charge is 0.0978 e. The second kappa shape index (κ2) is 14.4. The Labute approximate surface area is 212 Å². The van der Waals surface area contributed by atoms with Crippen LogP contribution >= 0.6 is 143 Å². The van der Waals surface area contributed by atoms with Crippen LogP contribution in [0.3, 0.4) is 0 Å². The van der Waals surface area contributed by atoms with Gasteiger partial charge in [-0.05, 0) is 30.8 Å². The van der Waals surface area contributed by atoms with Crippen LogP contribution in [0.1, 0.15) is 19.3 Å². The summed E-state index contributed by atoms with van der Waals surface area (Å²) in [6, 6.07) is 0. The lowest BCUT2D eigenvalue weighted by Crippen LogP contribution is -2.20. The molecule has 0 N–H and O–H groups in total. The zero-order valence-corrected chi connectivity index (χ0v) is 24.1. The average molecular weight is 577 g/mol. The van der Waals surface area contributed by atoms with E-state index in [1.54, 1.807) is 0 Å². The van der Waals surface area contributed by atoms with Crippen molar-refractivity contribution < 1.29 is 0 Å². The first-order chi connectivity index (χ1) is 12.8. The van der Waals surface area contributed by atoms with E-state index in [2.05, 4.69) is 119 Å². The predicted octanol–water partition coefficient (Wildman–Crippen LogP) is 8.13. The van der Waals surface area contributed by atoms with E-state index >= 15 is 0 Å². The SMILES string of the molecule is SCSC1CCSC(SC2CC(SC3SCCC(SCS)S3)SCS2)S1. The molecule has 6 unspecified atom stereocenters. The summed E-state index contributed by atoms with van der Waals surface area (Å²) in [4.78, 5) is 0. The van der Waals surface area contributed by atoms with Gasteiger partial charge in [-0.1, -0.05) is 0 Å². The molecule has 3 aliphatic heterocycles. The Balaban J connectivity index is 1.41. The minimum absolute atomic E-state index is 0.724. The van der Waals surface area contributed by atoms with Gasteiger partial charge in [-0.15, -0.1) is 118 Å². The first-order valence-electron chi connectivity index (χ1n) is 8.30. The van der Waals surface area contributed by atoms with Crippen molar-refractivity contribution in [2.75, 3.05) is 26.8 Å². The number of thioether (sulfide) groups is 10. The molecule has 0 saturated carbocycles. The fourth-order valence-electron chi connectivity index (χ4n) is 2.46. The standard InChI is InChI=1S/C14H24S12/c15-6-19-9-1-3-17-13(23-9)25-11-5-12(22-8-21-11)26-14-18-4-2-10(24-14)20-7-16/h9-16H,1-8H2. The van der Waals surface area contributed by atoms with Gasteiger partial charge in [0.25, 0.3) is 0 Å². The van der Waals surface area contributed by atoms with Gasteiger partial charge in [0.1, 0.15) is 0 Å². The average Bonchev–Trinajstić information content (AvgIpc) is 2.63. The van der Waals surface area contributed by atoms with Crippen LogP contribution in [0.2, 0.25) is 0 Å². The molecule has 0 aliphatic carbocycles. The van der Waals surface area contributed by atoms with Crippen LogP contribution in [0, 0.1) is 0 Å². The highest BCUT2D eigenvalue weighted by atomic mass is 32.3. The molecule has 3 aliphatic rings. The van der Waals surface area contributed by atoms with Gasteiger partial charge in [-0.2, -0.15) is 25.3 Å². The van der Waals surface area contributed by atoms with Crippen molar-refractivity contribution in [3.05, 3.63) is 0 Å². The lowest BCUT2D eigenvalue weighted by atomic mass is 10.5. The van der Waals surface area contributed by atoms with E-state index in [1.165, 1.54) is 35.9 Å². The van der Waals surface area contributed by atoms with Gasteiger partial charge in [0.05, 0.1) is 26.2 Å². The normalized spacial score (nSPS) is 39.0. The van der Waals surface area contributed by atoms with Crippen molar-refractivity contribution in [3.63, 3.8) is 0 Å². The van der Waals surface area contributed by atoms with Crippen molar-refractivity contribution in [1.29, 1.82) is 0 Å². The highest BCUT2D eigenvalue weighted by molar-refractivity contribution is 8.41. The van der Waals surface area contributed by atoms with E-state index in [1.807, 2.05) is 23.5 Å². The van der Waals surface area contributed by atoms with Gasteiger partial charge in [-0.25, -0.2) is 0 Å². The molecule has 26 heavy (non-hydrogen) atoms. The Morgan fingerprint density at radius 2 is 1.19 bits per heavy atom. The molecule has 6 atom stereocenters. The number of hydrogen-bond donors (Lipinski definition) is 2. The van der Waals surface area contributed by atoms with E-state index in [4.69, 9.17) is 0 Å². The Hall–Kier alpha value is 4.20. The maximum atomic E-state index is 4.40. The molecule has 0 radical (unpaired) electrons. The summed E-state index contributed by atoms with van der Waals surface area (Å²) >= 11 is 30.4. The highest BCUT2D eigenvalue weighted by Crippen LogP contribution is 2.55. The van der Waals surface area contributed by atoms with Crippen LogP contribution in [0.4, 0.5) is 0 Å². The van der Waals surface area contributed by atoms with Crippen LogP contribution in [0.15, 0.2) is 0 Å². The molecule has 0 amide bonds. The molecule has 0 aromatic carbocycles. The van der Waals surface area contributed by atoms with Gasteiger partial charge < -0.3 is 0 Å². The van der Waals surface area contributed by atoms with Crippen molar-refractivity contribution in [2.45, 2.75) is 45.4 Å². The molecule has 0 aromatic rings. The zero-order chi connectivity index (χ0) is 18.2. The molecule has 0 nitrogen and oxygen atoms in total. The molecule has 12 heteroatoms. The highest BCUT2D eigenvalue weighted by Gasteiger charge is 2.33. The van der Waals surface area contributed by atoms with Gasteiger partial charge >= 0.3 is 0 Å². The van der Waals surface area contributed by atoms with E-state index in [9.17, 15) is 0 Å². The third kappa shape index (κ3) is 8.98. The molecule has 3 saturated heterocycles. The van der Waals surface area contributed by atoms with Crippen LogP contribution in [-0.4, -0.2) is 52.9 Å². The monoisotopic (exact) mass is 576 g/mol. The van der Waals surface area contributed by atoms with Gasteiger partial charge in [0, 0.05) is 15.3 Å². The molecular weight excluding hydrogens is 553 g/mol. The molecule has 0 bridgehead atoms. The summed E-state index contributed by atoms with van der Waals surface area (Å²) in [7, 11) is 0. The number of thiol groups is 2. The lowest BCUT2D eigenvalue weighted by Gasteiger charge is -2.35. The maximum absolute atomic E-state index is 4.40. The molecule has 0 aromatic heterocycles. The van der Waals surface area contributed by atoms with Gasteiger partial charge in [-0.3, -0.25) is 0 Å². The van der Waals surface area contributed by atoms with Gasteiger partial charge in [0.2, 0.25) is 0 Å². The fourth-order valence-corrected chi connectivity index (χ4v) is 23.4. The topological polar surface area (TPSA) is 0 Å². The van der Waals surface area contributed by atoms with Crippen molar-refractivity contribution in [2.24, 2.45) is 0 Å². The summed E-state index contributed by atoms with van der Waals surface area (Å²) in [6.07, 6.45) is 4.03. The molecule has 3 fully saturated rings. The quantitative estimate of drug-likeness (QED) is 0.214. The second-order valence-electron chi connectivity index (χ2n) is 5.44. The maximum Gasteiger partial charge on any atom is 0.0978 e. The van der Waals surface area contributed by atoms with E-state index in [0.29, 0.717) is 0 Å². The first-order valence-corrected chi connectivity index (χ1v) is 19.6. The summed E-state index contributed by atoms with van der Waals surface area (Å²) in [6.45, 7) is 0. The largest absolute Gasteiger partial charge is 0.168 e. The molecule has 0 spiro atoms. The molecular formula is C14H24S12. The third-order valence-electron chi connectivity index (χ3n) is 3.68. The zero-order valence-electron chi connectivity index (χ0n) is 14.1. The van der Waals surface area contributed by atoms with Crippen LogP contribution in [0.25, 0.3) is 0 Å². The van der Waals surface area contributed by atoms with Gasteiger partial charge in [0.15, 0.2) is 0 Å². The minimum Gasteiger partial charge on any atom is -0.168 e. The van der Waals surface area contributed by atoms with Crippen LogP contribution in [-0.2, 0) is 0 Å². The van der Waals surface area contributed by atoms with Crippen LogP contribution < -0.4 is 0 Å².